The van der Waals surface area contributed by atoms with Crippen molar-refractivity contribution in [1.29, 1.82) is 0 Å². The molecular formula is C18H18ClNO3. The number of nitrogens with zero attached hydrogens (tertiary/aromatic N) is 1. The normalized spacial score (nSPS) is 15.6. The summed E-state index contributed by atoms with van der Waals surface area (Å²) in [5.41, 5.74) is 1.43. The Bertz CT molecular complexity index is 707. The first-order valence-corrected chi connectivity index (χ1v) is 7.99. The van der Waals surface area contributed by atoms with Gasteiger partial charge in [0.15, 0.2) is 0 Å². The predicted molar refractivity (Wildman–Crippen MR) is 89.1 cm³/mol. The van der Waals surface area contributed by atoms with E-state index < -0.39 is 0 Å². The van der Waals surface area contributed by atoms with Gasteiger partial charge in [0, 0.05) is 18.1 Å². The maximum Gasteiger partial charge on any atom is 0.257 e. The van der Waals surface area contributed by atoms with Gasteiger partial charge in [-0.05, 0) is 54.7 Å². The molecule has 0 unspecified atom stereocenters. The monoisotopic (exact) mass is 331 g/mol. The van der Waals surface area contributed by atoms with Crippen molar-refractivity contribution in [1.82, 2.24) is 4.90 Å². The van der Waals surface area contributed by atoms with Crippen LogP contribution < -0.4 is 0 Å². The number of rotatable bonds is 2. The smallest absolute Gasteiger partial charge is 0.257 e. The largest absolute Gasteiger partial charge is 0.508 e. The Morgan fingerprint density at radius 2 is 1.70 bits per heavy atom. The Morgan fingerprint density at radius 3 is 2.35 bits per heavy atom. The van der Waals surface area contributed by atoms with Gasteiger partial charge in [0.25, 0.3) is 5.91 Å². The number of halogens is 1. The zero-order valence-electron chi connectivity index (χ0n) is 12.6. The summed E-state index contributed by atoms with van der Waals surface area (Å²) < 4.78 is 0. The molecule has 1 amide bonds. The van der Waals surface area contributed by atoms with Crippen molar-refractivity contribution in [3.8, 4) is 11.5 Å². The summed E-state index contributed by atoms with van der Waals surface area (Å²) in [4.78, 5) is 14.3. The third-order valence-corrected chi connectivity index (χ3v) is 4.57. The first-order chi connectivity index (χ1) is 11.0. The molecule has 2 aromatic carbocycles. The Labute approximate surface area is 139 Å². The second-order valence-electron chi connectivity index (χ2n) is 5.82. The second kappa shape index (κ2) is 6.50. The third-order valence-electron chi connectivity index (χ3n) is 4.34. The van der Waals surface area contributed by atoms with Gasteiger partial charge in [0.2, 0.25) is 0 Å². The van der Waals surface area contributed by atoms with Crippen LogP contribution in [0, 0.1) is 0 Å². The van der Waals surface area contributed by atoms with Crippen molar-refractivity contribution >= 4 is 17.5 Å². The molecule has 1 aliphatic heterocycles. The molecule has 5 heteroatoms. The van der Waals surface area contributed by atoms with Gasteiger partial charge in [-0.25, -0.2) is 0 Å². The SMILES string of the molecule is O=C(c1cc(Cl)ccc1O)N1CCC(c2ccc(O)cc2)CC1. The number of hydrogen-bond acceptors (Lipinski definition) is 3. The minimum absolute atomic E-state index is 0.0416. The molecule has 0 bridgehead atoms. The Morgan fingerprint density at radius 1 is 1.04 bits per heavy atom. The number of carbonyl (C=O) groups excluding carboxylic acids is 1. The van der Waals surface area contributed by atoms with Gasteiger partial charge in [0.05, 0.1) is 5.56 Å². The van der Waals surface area contributed by atoms with Crippen LogP contribution in [0.25, 0.3) is 0 Å². The van der Waals surface area contributed by atoms with E-state index in [9.17, 15) is 15.0 Å². The van der Waals surface area contributed by atoms with Gasteiger partial charge in [-0.1, -0.05) is 23.7 Å². The number of likely N-dealkylation sites (tertiary alicyclic amines) is 1. The summed E-state index contributed by atoms with van der Waals surface area (Å²) in [6.45, 7) is 1.27. The quantitative estimate of drug-likeness (QED) is 0.880. The molecule has 0 atom stereocenters. The van der Waals surface area contributed by atoms with E-state index in [1.807, 2.05) is 12.1 Å². The molecule has 0 aromatic heterocycles. The number of hydrogen-bond donors (Lipinski definition) is 2. The number of aromatic hydroxyl groups is 2. The van der Waals surface area contributed by atoms with E-state index >= 15 is 0 Å². The summed E-state index contributed by atoms with van der Waals surface area (Å²) in [6, 6.07) is 11.8. The summed E-state index contributed by atoms with van der Waals surface area (Å²) >= 11 is 5.91. The van der Waals surface area contributed by atoms with E-state index in [1.165, 1.54) is 17.7 Å². The predicted octanol–water partition coefficient (Wildman–Crippen LogP) is 3.77. The van der Waals surface area contributed by atoms with Crippen LogP contribution in [0.15, 0.2) is 42.5 Å². The van der Waals surface area contributed by atoms with Crippen LogP contribution in [0.1, 0.15) is 34.7 Å². The second-order valence-corrected chi connectivity index (χ2v) is 6.26. The van der Waals surface area contributed by atoms with Gasteiger partial charge in [-0.2, -0.15) is 0 Å². The number of benzene rings is 2. The van der Waals surface area contributed by atoms with Crippen molar-refractivity contribution in [2.45, 2.75) is 18.8 Å². The number of piperidine rings is 1. The van der Waals surface area contributed by atoms with Gasteiger partial charge in [-0.15, -0.1) is 0 Å². The average Bonchev–Trinajstić information content (AvgIpc) is 2.57. The molecule has 23 heavy (non-hydrogen) atoms. The van der Waals surface area contributed by atoms with Crippen molar-refractivity contribution < 1.29 is 15.0 Å². The maximum absolute atomic E-state index is 12.5. The molecule has 1 aliphatic rings. The molecule has 120 valence electrons. The molecule has 1 fully saturated rings. The zero-order chi connectivity index (χ0) is 16.4. The average molecular weight is 332 g/mol. The van der Waals surface area contributed by atoms with Crippen molar-refractivity contribution in [3.63, 3.8) is 0 Å². The van der Waals surface area contributed by atoms with Gasteiger partial charge >= 0.3 is 0 Å². The van der Waals surface area contributed by atoms with E-state index in [0.29, 0.717) is 24.0 Å². The van der Waals surface area contributed by atoms with E-state index in [1.54, 1.807) is 23.1 Å². The first-order valence-electron chi connectivity index (χ1n) is 7.61. The summed E-state index contributed by atoms with van der Waals surface area (Å²) in [5.74, 6) is 0.416. The molecule has 0 radical (unpaired) electrons. The molecule has 4 nitrogen and oxygen atoms in total. The standard InChI is InChI=1S/C18H18ClNO3/c19-14-3-6-17(22)16(11-14)18(23)20-9-7-13(8-10-20)12-1-4-15(21)5-2-12/h1-6,11,13,21-22H,7-10H2. The van der Waals surface area contributed by atoms with Crippen LogP contribution in [0.3, 0.4) is 0 Å². The maximum atomic E-state index is 12.5. The van der Waals surface area contributed by atoms with Crippen LogP contribution in [0.4, 0.5) is 0 Å². The molecular weight excluding hydrogens is 314 g/mol. The van der Waals surface area contributed by atoms with Crippen molar-refractivity contribution in [2.24, 2.45) is 0 Å². The molecule has 0 aliphatic carbocycles. The van der Waals surface area contributed by atoms with Crippen molar-refractivity contribution in [3.05, 3.63) is 58.6 Å². The topological polar surface area (TPSA) is 60.8 Å². The summed E-state index contributed by atoms with van der Waals surface area (Å²) in [5, 5.41) is 19.7. The number of amides is 1. The molecule has 2 N–H and O–H groups in total. The van der Waals surface area contributed by atoms with Crippen LogP contribution in [-0.2, 0) is 0 Å². The molecule has 2 aromatic rings. The fourth-order valence-electron chi connectivity index (χ4n) is 3.01. The first kappa shape index (κ1) is 15.7. The van der Waals surface area contributed by atoms with Gasteiger partial charge in [-0.3, -0.25) is 4.79 Å². The van der Waals surface area contributed by atoms with Crippen molar-refractivity contribution in [2.75, 3.05) is 13.1 Å². The van der Waals surface area contributed by atoms with Gasteiger partial charge in [0.1, 0.15) is 11.5 Å². The van der Waals surface area contributed by atoms with E-state index in [-0.39, 0.29) is 23.0 Å². The fourth-order valence-corrected chi connectivity index (χ4v) is 3.18. The highest BCUT2D eigenvalue weighted by Gasteiger charge is 2.26. The van der Waals surface area contributed by atoms with Crippen LogP contribution in [0.2, 0.25) is 5.02 Å². The lowest BCUT2D eigenvalue weighted by molar-refractivity contribution is 0.0710. The lowest BCUT2D eigenvalue weighted by Crippen LogP contribution is -2.37. The highest BCUT2D eigenvalue weighted by molar-refractivity contribution is 6.31. The minimum atomic E-state index is -0.186. The lowest BCUT2D eigenvalue weighted by Gasteiger charge is -2.32. The zero-order valence-corrected chi connectivity index (χ0v) is 13.3. The molecule has 0 saturated carbocycles. The Balaban J connectivity index is 1.67. The highest BCUT2D eigenvalue weighted by atomic mass is 35.5. The summed E-state index contributed by atoms with van der Waals surface area (Å²) in [6.07, 6.45) is 1.72. The Hall–Kier alpha value is -2.20. The van der Waals surface area contributed by atoms with E-state index in [4.69, 9.17) is 11.6 Å². The minimum Gasteiger partial charge on any atom is -0.508 e. The van der Waals surface area contributed by atoms with E-state index in [0.717, 1.165) is 12.8 Å². The van der Waals surface area contributed by atoms with Crippen LogP contribution in [0.5, 0.6) is 11.5 Å². The van der Waals surface area contributed by atoms with Gasteiger partial charge < -0.3 is 15.1 Å². The number of phenolic OH excluding ortho intramolecular Hbond substituents is 2. The lowest BCUT2D eigenvalue weighted by atomic mass is 9.89. The highest BCUT2D eigenvalue weighted by Crippen LogP contribution is 2.31. The van der Waals surface area contributed by atoms with E-state index in [2.05, 4.69) is 0 Å². The number of phenols is 2. The summed E-state index contributed by atoms with van der Waals surface area (Å²) in [7, 11) is 0. The molecule has 0 spiro atoms. The third kappa shape index (κ3) is 3.42. The molecule has 1 heterocycles. The van der Waals surface area contributed by atoms with Crippen LogP contribution >= 0.6 is 11.6 Å². The number of carbonyl (C=O) groups is 1. The molecule has 3 rings (SSSR count). The molecule has 1 saturated heterocycles. The van der Waals surface area contributed by atoms with Crippen LogP contribution in [-0.4, -0.2) is 34.1 Å². The Kier molecular flexibility index (Phi) is 4.44. The fraction of sp³-hybridized carbons (Fsp3) is 0.278.